The van der Waals surface area contributed by atoms with Crippen molar-refractivity contribution in [3.8, 4) is 0 Å². The molecule has 4 bridgehead atoms. The molecule has 1 heterocycles. The van der Waals surface area contributed by atoms with Gasteiger partial charge in [-0.2, -0.15) is 0 Å². The number of hydrogen-bond donors (Lipinski definition) is 4. The van der Waals surface area contributed by atoms with Crippen molar-refractivity contribution in [2.45, 2.75) is 171 Å². The normalized spacial score (nSPS) is 34.8. The number of carbonyl (C=O) groups excluding carboxylic acids is 5. The van der Waals surface area contributed by atoms with Crippen molar-refractivity contribution in [3.63, 3.8) is 0 Å². The highest BCUT2D eigenvalue weighted by molar-refractivity contribution is 7.92. The largest absolute Gasteiger partial charge is 0.346 e. The lowest BCUT2D eigenvalue weighted by Crippen LogP contribution is -2.65. The van der Waals surface area contributed by atoms with Crippen molar-refractivity contribution in [1.82, 2.24) is 26.2 Å². The van der Waals surface area contributed by atoms with Crippen LogP contribution >= 0.6 is 0 Å². The molecule has 0 aromatic heterocycles. The molecule has 5 amide bonds. The number of fused-ring (bicyclic) bond motifs is 1. The van der Waals surface area contributed by atoms with Crippen molar-refractivity contribution in [2.24, 2.45) is 46.3 Å². The van der Waals surface area contributed by atoms with E-state index in [2.05, 4.69) is 48.6 Å². The van der Waals surface area contributed by atoms with Crippen LogP contribution in [0, 0.1) is 46.3 Å². The SMILES string of the molecule is C=CCNC(=O)C(=O)C(CC1CC1)NC(=O)[C@@H]1[C@@H]2[C@H](CN1C(=O)[C@@H](NC(=O)NC1(CS(=O)(=O)C34CC5CC(CC(C5)C3)C4)CCCCC1)C1(C)CCCCC1)C2(C)C. The molecule has 58 heavy (non-hydrogen) atoms. The van der Waals surface area contributed by atoms with Gasteiger partial charge in [0.1, 0.15) is 12.1 Å². The molecule has 8 saturated carbocycles. The van der Waals surface area contributed by atoms with E-state index in [9.17, 15) is 27.6 Å². The summed E-state index contributed by atoms with van der Waals surface area (Å²) in [7, 11) is -3.55. The van der Waals surface area contributed by atoms with E-state index in [1.807, 2.05) is 0 Å². The molecule has 4 N–H and O–H groups in total. The molecule has 0 aromatic rings. The fourth-order valence-electron chi connectivity index (χ4n) is 13.6. The highest BCUT2D eigenvalue weighted by atomic mass is 32.2. The standard InChI is InChI=1S/C45H69N5O7S/c1-5-18-46-39(53)36(51)33(22-28-12-13-28)47-38(52)35-34-32(42(34,2)3)26-50(35)40(54)37(43(4)14-8-6-9-15-43)48-41(55)49-44(16-10-7-11-17-44)27-58(56,57)45-23-29-19-30(24-45)21-31(20-29)25-45/h5,28-35,37H,1,6-27H2,2-4H3,(H,46,53)(H,47,52)(H2,48,49,55)/t29?,30?,31?,32-,33?,34-,35-,37+,45?/m0/s1. The summed E-state index contributed by atoms with van der Waals surface area (Å²) in [6, 6.07) is -3.30. The Bertz CT molecular complexity index is 1740. The van der Waals surface area contributed by atoms with Crippen LogP contribution in [0.5, 0.6) is 0 Å². The molecule has 0 spiro atoms. The number of ketones is 1. The number of nitrogens with one attached hydrogen (secondary N) is 4. The number of carbonyl (C=O) groups is 5. The first-order chi connectivity index (χ1) is 27.5. The van der Waals surface area contributed by atoms with Crippen LogP contribution in [-0.2, 0) is 29.0 Å². The lowest BCUT2D eigenvalue weighted by Gasteiger charge is -2.56. The highest BCUT2D eigenvalue weighted by Crippen LogP contribution is 2.65. The summed E-state index contributed by atoms with van der Waals surface area (Å²) in [5.41, 5.74) is -1.68. The molecule has 1 aliphatic heterocycles. The Labute approximate surface area is 345 Å². The molecule has 0 radical (unpaired) electrons. The van der Waals surface area contributed by atoms with Crippen molar-refractivity contribution >= 4 is 39.4 Å². The number of nitrogens with zero attached hydrogens (tertiary/aromatic N) is 1. The van der Waals surface area contributed by atoms with Gasteiger partial charge in [0.15, 0.2) is 9.84 Å². The van der Waals surface area contributed by atoms with E-state index in [-0.39, 0.29) is 41.4 Å². The van der Waals surface area contributed by atoms with E-state index in [0.717, 1.165) is 103 Å². The summed E-state index contributed by atoms with van der Waals surface area (Å²) in [6.45, 7) is 10.4. The second-order valence-corrected chi connectivity index (χ2v) is 23.8. The number of amides is 5. The van der Waals surface area contributed by atoms with Crippen LogP contribution < -0.4 is 21.3 Å². The summed E-state index contributed by atoms with van der Waals surface area (Å²) >= 11 is 0. The van der Waals surface area contributed by atoms with Gasteiger partial charge in [0.25, 0.3) is 5.91 Å². The number of urea groups is 1. The van der Waals surface area contributed by atoms with Crippen LogP contribution in [0.25, 0.3) is 0 Å². The first-order valence-electron chi connectivity index (χ1n) is 22.8. The number of hydrogen-bond acceptors (Lipinski definition) is 7. The monoisotopic (exact) mass is 823 g/mol. The predicted molar refractivity (Wildman–Crippen MR) is 221 cm³/mol. The van der Waals surface area contributed by atoms with Crippen LogP contribution in [0.3, 0.4) is 0 Å². The van der Waals surface area contributed by atoms with Crippen LogP contribution in [-0.4, -0.2) is 90.1 Å². The molecular formula is C45H69N5O7S. The van der Waals surface area contributed by atoms with Crippen molar-refractivity contribution < 1.29 is 32.4 Å². The third-order valence-corrected chi connectivity index (χ3v) is 19.6. The number of Topliss-reactive ketones (excluding diaryl/α,β-unsaturated/α-hetero) is 1. The molecule has 9 rings (SSSR count). The van der Waals surface area contributed by atoms with Crippen molar-refractivity contribution in [3.05, 3.63) is 12.7 Å². The molecule has 8 aliphatic carbocycles. The van der Waals surface area contributed by atoms with Crippen LogP contribution in [0.4, 0.5) is 4.79 Å². The van der Waals surface area contributed by atoms with E-state index in [0.29, 0.717) is 43.6 Å². The minimum atomic E-state index is -3.55. The third kappa shape index (κ3) is 7.88. The van der Waals surface area contributed by atoms with E-state index < -0.39 is 67.3 Å². The fourth-order valence-corrected chi connectivity index (χ4v) is 16.5. The van der Waals surface area contributed by atoms with Gasteiger partial charge in [-0.25, -0.2) is 13.2 Å². The molecule has 9 fully saturated rings. The predicted octanol–water partition coefficient (Wildman–Crippen LogP) is 5.35. The third-order valence-electron chi connectivity index (χ3n) is 16.8. The number of sulfone groups is 1. The van der Waals surface area contributed by atoms with Gasteiger partial charge >= 0.3 is 6.03 Å². The number of likely N-dealkylation sites (tertiary alicyclic amines) is 1. The second kappa shape index (κ2) is 15.5. The molecule has 9 aliphatic rings. The maximum Gasteiger partial charge on any atom is 0.315 e. The summed E-state index contributed by atoms with van der Waals surface area (Å²) in [5.74, 6) is -0.604. The summed E-state index contributed by atoms with van der Waals surface area (Å²) in [5, 5.41) is 11.9. The number of rotatable bonds is 15. The van der Waals surface area contributed by atoms with E-state index in [1.54, 1.807) is 4.90 Å². The van der Waals surface area contributed by atoms with Gasteiger partial charge in [-0.05, 0) is 117 Å². The average Bonchev–Trinajstić information content (AvgIpc) is 4.02. The lowest BCUT2D eigenvalue weighted by atomic mass is 9.56. The Balaban J connectivity index is 1.02. The summed E-state index contributed by atoms with van der Waals surface area (Å²) < 4.78 is 28.7. The van der Waals surface area contributed by atoms with Gasteiger partial charge in [-0.3, -0.25) is 19.2 Å². The van der Waals surface area contributed by atoms with Gasteiger partial charge in [0.05, 0.1) is 22.1 Å². The van der Waals surface area contributed by atoms with Gasteiger partial charge < -0.3 is 26.2 Å². The molecule has 12 nitrogen and oxygen atoms in total. The lowest BCUT2D eigenvalue weighted by molar-refractivity contribution is -0.146. The van der Waals surface area contributed by atoms with E-state index >= 15 is 4.79 Å². The topological polar surface area (TPSA) is 171 Å². The Morgan fingerprint density at radius 1 is 0.828 bits per heavy atom. The molecular weight excluding hydrogens is 755 g/mol. The smallest absolute Gasteiger partial charge is 0.315 e. The first kappa shape index (κ1) is 41.8. The van der Waals surface area contributed by atoms with Gasteiger partial charge in [-0.1, -0.05) is 78.2 Å². The minimum absolute atomic E-state index is 0.0609. The Morgan fingerprint density at radius 3 is 1.98 bits per heavy atom. The maximum atomic E-state index is 15.1. The quantitative estimate of drug-likeness (QED) is 0.128. The molecule has 0 aromatic carbocycles. The van der Waals surface area contributed by atoms with Crippen LogP contribution in [0.1, 0.15) is 143 Å². The fraction of sp³-hybridized carbons (Fsp3) is 0.844. The van der Waals surface area contributed by atoms with Gasteiger partial charge in [0, 0.05) is 13.1 Å². The first-order valence-corrected chi connectivity index (χ1v) is 24.5. The van der Waals surface area contributed by atoms with Crippen LogP contribution in [0.2, 0.25) is 0 Å². The highest BCUT2D eigenvalue weighted by Gasteiger charge is 2.70. The zero-order valence-corrected chi connectivity index (χ0v) is 36.1. The summed E-state index contributed by atoms with van der Waals surface area (Å²) in [6.07, 6.45) is 17.6. The molecule has 13 heteroatoms. The maximum absolute atomic E-state index is 15.1. The average molecular weight is 824 g/mol. The molecule has 1 unspecified atom stereocenters. The zero-order valence-electron chi connectivity index (χ0n) is 35.3. The van der Waals surface area contributed by atoms with Crippen molar-refractivity contribution in [2.75, 3.05) is 18.8 Å². The van der Waals surface area contributed by atoms with Gasteiger partial charge in [0.2, 0.25) is 17.6 Å². The zero-order chi connectivity index (χ0) is 41.3. The number of piperidine rings is 1. The van der Waals surface area contributed by atoms with Gasteiger partial charge in [-0.15, -0.1) is 6.58 Å². The van der Waals surface area contributed by atoms with Crippen LogP contribution in [0.15, 0.2) is 12.7 Å². The molecule has 322 valence electrons. The Kier molecular flexibility index (Phi) is 11.2. The second-order valence-electron chi connectivity index (χ2n) is 21.4. The minimum Gasteiger partial charge on any atom is -0.346 e. The molecule has 5 atom stereocenters. The molecule has 1 saturated heterocycles. The Hall–Kier alpha value is -2.96. The summed E-state index contributed by atoms with van der Waals surface area (Å²) in [4.78, 5) is 71.9. The Morgan fingerprint density at radius 2 is 1.41 bits per heavy atom. The van der Waals surface area contributed by atoms with E-state index in [1.165, 1.54) is 6.08 Å². The van der Waals surface area contributed by atoms with Crippen molar-refractivity contribution in [1.29, 1.82) is 0 Å². The van der Waals surface area contributed by atoms with E-state index in [4.69, 9.17) is 0 Å².